The number of rotatable bonds is 3. The van der Waals surface area contributed by atoms with Gasteiger partial charge in [0, 0.05) is 11.6 Å². The summed E-state index contributed by atoms with van der Waals surface area (Å²) in [6.45, 7) is 0. The summed E-state index contributed by atoms with van der Waals surface area (Å²) in [4.78, 5) is 24.5. The van der Waals surface area contributed by atoms with E-state index in [1.165, 1.54) is 0 Å². The number of amides is 1. The van der Waals surface area contributed by atoms with Crippen LogP contribution in [0, 0.1) is 0 Å². The van der Waals surface area contributed by atoms with E-state index in [0.717, 1.165) is 48.7 Å². The van der Waals surface area contributed by atoms with Crippen molar-refractivity contribution < 1.29 is 35.9 Å². The quantitative estimate of drug-likeness (QED) is 0.665. The first kappa shape index (κ1) is 20.4. The van der Waals surface area contributed by atoms with Crippen molar-refractivity contribution in [1.29, 1.82) is 0 Å². The summed E-state index contributed by atoms with van der Waals surface area (Å²) in [6.07, 6.45) is -4.24. The van der Waals surface area contributed by atoms with Crippen molar-refractivity contribution in [3.8, 4) is 16.9 Å². The maximum atomic E-state index is 13.5. The van der Waals surface area contributed by atoms with E-state index < -0.39 is 44.4 Å². The Labute approximate surface area is 161 Å². The molecule has 152 valence electrons. The molecule has 0 aliphatic carbocycles. The van der Waals surface area contributed by atoms with Gasteiger partial charge in [0.25, 0.3) is 5.91 Å². The van der Waals surface area contributed by atoms with Crippen LogP contribution < -0.4 is 10.2 Å². The Morgan fingerprint density at radius 3 is 2.28 bits per heavy atom. The summed E-state index contributed by atoms with van der Waals surface area (Å²) in [5.41, 5.74) is -2.51. The predicted octanol–water partition coefficient (Wildman–Crippen LogP) is 2.87. The fraction of sp³-hybridized carbons (Fsp3) is 0.111. The second-order valence-corrected chi connectivity index (χ2v) is 7.84. The highest BCUT2D eigenvalue weighted by atomic mass is 32.2. The molecule has 1 amide bonds. The van der Waals surface area contributed by atoms with E-state index in [-0.39, 0.29) is 22.3 Å². The fourth-order valence-corrected chi connectivity index (χ4v) is 3.11. The lowest BCUT2D eigenvalue weighted by Crippen LogP contribution is -2.29. The van der Waals surface area contributed by atoms with Gasteiger partial charge in [-0.05, 0) is 29.8 Å². The third-order valence-electron chi connectivity index (χ3n) is 3.85. The van der Waals surface area contributed by atoms with Gasteiger partial charge in [0.1, 0.15) is 11.3 Å². The van der Waals surface area contributed by atoms with Crippen molar-refractivity contribution in [3.63, 3.8) is 0 Å². The van der Waals surface area contributed by atoms with E-state index in [1.807, 2.05) is 0 Å². The van der Waals surface area contributed by atoms with Crippen molar-refractivity contribution >= 4 is 26.9 Å². The number of nitrogens with one attached hydrogen (secondary N) is 1. The third kappa shape index (κ3) is 4.24. The number of fused-ring (bicyclic) bond motifs is 1. The molecule has 0 saturated heterocycles. The molecule has 0 unspecified atom stereocenters. The van der Waals surface area contributed by atoms with Crippen molar-refractivity contribution in [2.24, 2.45) is 0 Å². The first-order valence-electron chi connectivity index (χ1n) is 7.86. The molecule has 0 radical (unpaired) electrons. The first-order chi connectivity index (χ1) is 13.4. The number of hydrogen-bond donors (Lipinski definition) is 2. The summed E-state index contributed by atoms with van der Waals surface area (Å²) in [6, 6.07) is 7.47. The number of hydrogen-bond acceptors (Lipinski definition) is 6. The van der Waals surface area contributed by atoms with Crippen molar-refractivity contribution in [3.05, 3.63) is 64.0 Å². The van der Waals surface area contributed by atoms with Gasteiger partial charge < -0.3 is 9.52 Å². The highest BCUT2D eigenvalue weighted by Crippen LogP contribution is 2.37. The van der Waals surface area contributed by atoms with Crippen molar-refractivity contribution in [2.45, 2.75) is 6.18 Å². The van der Waals surface area contributed by atoms with Gasteiger partial charge in [-0.15, -0.1) is 0 Å². The average Bonchev–Trinajstić information content (AvgIpc) is 2.59. The normalized spacial score (nSPS) is 12.1. The Morgan fingerprint density at radius 1 is 1.10 bits per heavy atom. The van der Waals surface area contributed by atoms with Gasteiger partial charge in [0.05, 0.1) is 17.2 Å². The lowest BCUT2D eigenvalue weighted by atomic mass is 10.0. The van der Waals surface area contributed by atoms with Gasteiger partial charge in [-0.3, -0.25) is 9.59 Å². The average molecular weight is 427 g/mol. The Hall–Kier alpha value is -3.34. The number of phenolic OH excluding ortho intramolecular Hbond substituents is 1. The summed E-state index contributed by atoms with van der Waals surface area (Å²) in [5, 5.41) is 9.26. The van der Waals surface area contributed by atoms with Crippen LogP contribution in [0.4, 0.5) is 13.2 Å². The van der Waals surface area contributed by atoms with Crippen LogP contribution in [0.1, 0.15) is 16.1 Å². The van der Waals surface area contributed by atoms with Crippen LogP contribution in [0.3, 0.4) is 0 Å². The van der Waals surface area contributed by atoms with Gasteiger partial charge in [-0.2, -0.15) is 13.2 Å². The number of carbonyl (C=O) groups excluding carboxylic acids is 1. The largest absolute Gasteiger partial charge is 0.508 e. The first-order valence-corrected chi connectivity index (χ1v) is 9.75. The number of phenols is 1. The van der Waals surface area contributed by atoms with E-state index in [9.17, 15) is 36.3 Å². The zero-order valence-electron chi connectivity index (χ0n) is 14.6. The molecule has 11 heteroatoms. The smallest absolute Gasteiger partial charge is 0.450 e. The van der Waals surface area contributed by atoms with Crippen LogP contribution in [-0.2, 0) is 16.2 Å². The van der Waals surface area contributed by atoms with Gasteiger partial charge in [0.2, 0.25) is 21.2 Å². The maximum absolute atomic E-state index is 13.5. The minimum atomic E-state index is -5.01. The SMILES string of the molecule is CS(=O)(=O)NC(=O)c1ccc(-c2c(C(F)(F)F)oc3cc(O)ccc3c2=O)cc1. The Balaban J connectivity index is 2.19. The number of carbonyl (C=O) groups is 1. The molecule has 3 rings (SSSR count). The minimum absolute atomic E-state index is 0.136. The standard InChI is InChI=1S/C18H12F3NO6S/c1-29(26,27)22-17(25)10-4-2-9(3-5-10)14-15(24)12-7-6-11(23)8-13(12)28-16(14)18(19,20)21/h2-8,23H,1H3,(H,22,25). The van der Waals surface area contributed by atoms with E-state index in [4.69, 9.17) is 4.42 Å². The summed E-state index contributed by atoms with van der Waals surface area (Å²) < 4.78 is 69.4. The molecule has 0 aliphatic heterocycles. The van der Waals surface area contributed by atoms with Crippen LogP contribution in [-0.4, -0.2) is 25.7 Å². The number of aromatic hydroxyl groups is 1. The molecular formula is C18H12F3NO6S. The topological polar surface area (TPSA) is 114 Å². The molecule has 0 bridgehead atoms. The van der Waals surface area contributed by atoms with Gasteiger partial charge in [-0.1, -0.05) is 12.1 Å². The van der Waals surface area contributed by atoms with E-state index in [0.29, 0.717) is 0 Å². The van der Waals surface area contributed by atoms with Crippen LogP contribution in [0.25, 0.3) is 22.1 Å². The molecule has 1 heterocycles. The molecule has 3 aromatic rings. The molecule has 0 spiro atoms. The molecule has 2 aromatic carbocycles. The van der Waals surface area contributed by atoms with Crippen LogP contribution in [0.5, 0.6) is 5.75 Å². The van der Waals surface area contributed by atoms with Crippen molar-refractivity contribution in [1.82, 2.24) is 4.72 Å². The molecule has 0 aliphatic rings. The zero-order valence-corrected chi connectivity index (χ0v) is 15.4. The van der Waals surface area contributed by atoms with Gasteiger partial charge in [-0.25, -0.2) is 13.1 Å². The van der Waals surface area contributed by atoms with Crippen LogP contribution in [0.15, 0.2) is 51.7 Å². The monoisotopic (exact) mass is 427 g/mol. The lowest BCUT2D eigenvalue weighted by molar-refractivity contribution is -0.152. The molecule has 29 heavy (non-hydrogen) atoms. The van der Waals surface area contributed by atoms with E-state index >= 15 is 0 Å². The summed E-state index contributed by atoms with van der Waals surface area (Å²) in [7, 11) is -3.83. The molecule has 0 fully saturated rings. The predicted molar refractivity (Wildman–Crippen MR) is 96.9 cm³/mol. The highest BCUT2D eigenvalue weighted by molar-refractivity contribution is 7.89. The second kappa shape index (κ2) is 6.92. The summed E-state index contributed by atoms with van der Waals surface area (Å²) in [5.74, 6) is -2.91. The Morgan fingerprint density at radius 2 is 1.72 bits per heavy atom. The minimum Gasteiger partial charge on any atom is -0.508 e. The number of benzene rings is 2. The van der Waals surface area contributed by atoms with E-state index in [1.54, 1.807) is 4.72 Å². The number of alkyl halides is 3. The molecule has 2 N–H and O–H groups in total. The molecule has 0 atom stereocenters. The second-order valence-electron chi connectivity index (χ2n) is 6.09. The highest BCUT2D eigenvalue weighted by Gasteiger charge is 2.39. The molecule has 0 saturated carbocycles. The zero-order chi connectivity index (χ0) is 21.6. The van der Waals surface area contributed by atoms with Crippen LogP contribution >= 0.6 is 0 Å². The van der Waals surface area contributed by atoms with Crippen LogP contribution in [0.2, 0.25) is 0 Å². The van der Waals surface area contributed by atoms with E-state index in [2.05, 4.69) is 0 Å². The summed E-state index contributed by atoms with van der Waals surface area (Å²) >= 11 is 0. The Kier molecular flexibility index (Phi) is 4.87. The third-order valence-corrected chi connectivity index (χ3v) is 4.40. The van der Waals surface area contributed by atoms with Gasteiger partial charge in [0.15, 0.2) is 0 Å². The Bertz CT molecular complexity index is 1280. The number of sulfonamides is 1. The maximum Gasteiger partial charge on any atom is 0.450 e. The molecular weight excluding hydrogens is 415 g/mol. The molecule has 7 nitrogen and oxygen atoms in total. The number of halogens is 3. The molecule has 1 aromatic heterocycles. The van der Waals surface area contributed by atoms with Crippen molar-refractivity contribution in [2.75, 3.05) is 6.26 Å². The van der Waals surface area contributed by atoms with Gasteiger partial charge >= 0.3 is 6.18 Å². The fourth-order valence-electron chi connectivity index (χ4n) is 2.66. The lowest BCUT2D eigenvalue weighted by Gasteiger charge is -2.13.